The molecule has 0 spiro atoms. The number of fused-ring (bicyclic) bond motifs is 2. The van der Waals surface area contributed by atoms with Crippen LogP contribution in [-0.2, 0) is 10.0 Å². The quantitative estimate of drug-likeness (QED) is 0.783. The molecule has 0 radical (unpaired) electrons. The SMILES string of the molecule is C=C1CC2CCC(C1)N2S(=O)(=O)c1ccc(C)s1. The van der Waals surface area contributed by atoms with Crippen LogP contribution >= 0.6 is 11.3 Å². The van der Waals surface area contributed by atoms with E-state index in [1.165, 1.54) is 16.9 Å². The third kappa shape index (κ3) is 1.85. The van der Waals surface area contributed by atoms with Crippen molar-refractivity contribution < 1.29 is 8.42 Å². The second-order valence-corrected chi connectivity index (χ2v) is 8.60. The third-order valence-electron chi connectivity index (χ3n) is 3.85. The molecule has 98 valence electrons. The molecule has 2 unspecified atom stereocenters. The largest absolute Gasteiger partial charge is 0.253 e. The van der Waals surface area contributed by atoms with E-state index >= 15 is 0 Å². The molecular formula is C13H17NO2S2. The molecule has 2 atom stereocenters. The molecule has 0 saturated carbocycles. The zero-order valence-corrected chi connectivity index (χ0v) is 12.1. The van der Waals surface area contributed by atoms with Gasteiger partial charge in [-0.25, -0.2) is 8.42 Å². The second-order valence-electron chi connectivity index (χ2n) is 5.24. The molecule has 1 aromatic rings. The van der Waals surface area contributed by atoms with Gasteiger partial charge in [-0.1, -0.05) is 12.2 Å². The summed E-state index contributed by atoms with van der Waals surface area (Å²) < 4.78 is 27.6. The number of nitrogens with zero attached hydrogens (tertiary/aromatic N) is 1. The summed E-state index contributed by atoms with van der Waals surface area (Å²) in [5, 5.41) is 0. The highest BCUT2D eigenvalue weighted by Crippen LogP contribution is 2.42. The van der Waals surface area contributed by atoms with Crippen molar-refractivity contribution in [3.8, 4) is 0 Å². The summed E-state index contributed by atoms with van der Waals surface area (Å²) in [6.07, 6.45) is 3.63. The Labute approximate surface area is 112 Å². The lowest BCUT2D eigenvalue weighted by Gasteiger charge is -2.34. The lowest BCUT2D eigenvalue weighted by molar-refractivity contribution is 0.286. The van der Waals surface area contributed by atoms with Gasteiger partial charge in [0, 0.05) is 17.0 Å². The molecule has 0 aromatic carbocycles. The van der Waals surface area contributed by atoms with Crippen LogP contribution in [0.3, 0.4) is 0 Å². The van der Waals surface area contributed by atoms with Gasteiger partial charge in [-0.3, -0.25) is 0 Å². The Morgan fingerprint density at radius 2 is 1.89 bits per heavy atom. The Bertz CT molecular complexity index is 572. The summed E-state index contributed by atoms with van der Waals surface area (Å²) in [5.41, 5.74) is 1.20. The van der Waals surface area contributed by atoms with Crippen molar-refractivity contribution in [2.75, 3.05) is 0 Å². The monoisotopic (exact) mass is 283 g/mol. The van der Waals surface area contributed by atoms with Crippen molar-refractivity contribution in [3.63, 3.8) is 0 Å². The summed E-state index contributed by atoms with van der Waals surface area (Å²) in [5.74, 6) is 0. The molecule has 0 amide bonds. The highest BCUT2D eigenvalue weighted by molar-refractivity contribution is 7.91. The molecule has 5 heteroatoms. The fourth-order valence-corrected chi connectivity index (χ4v) is 6.37. The second kappa shape index (κ2) is 4.18. The minimum absolute atomic E-state index is 0.142. The fourth-order valence-electron chi connectivity index (χ4n) is 3.12. The standard InChI is InChI=1S/C13H17NO2S2/c1-9-7-11-4-5-12(8-9)14(11)18(15,16)13-6-3-10(2)17-13/h3,6,11-12H,1,4-5,7-8H2,2H3. The van der Waals surface area contributed by atoms with Gasteiger partial charge < -0.3 is 0 Å². The summed E-state index contributed by atoms with van der Waals surface area (Å²) >= 11 is 1.37. The molecule has 0 aliphatic carbocycles. The van der Waals surface area contributed by atoms with E-state index in [1.54, 1.807) is 10.4 Å². The van der Waals surface area contributed by atoms with E-state index in [-0.39, 0.29) is 12.1 Å². The maximum atomic E-state index is 12.7. The van der Waals surface area contributed by atoms with E-state index in [2.05, 4.69) is 6.58 Å². The van der Waals surface area contributed by atoms with E-state index in [4.69, 9.17) is 0 Å². The molecule has 2 saturated heterocycles. The molecule has 18 heavy (non-hydrogen) atoms. The van der Waals surface area contributed by atoms with E-state index < -0.39 is 10.0 Å². The first kappa shape index (κ1) is 12.4. The Morgan fingerprint density at radius 1 is 1.28 bits per heavy atom. The van der Waals surface area contributed by atoms with Gasteiger partial charge in [-0.05, 0) is 44.7 Å². The Hall–Kier alpha value is -0.650. The number of hydrogen-bond acceptors (Lipinski definition) is 3. The number of aryl methyl sites for hydroxylation is 1. The van der Waals surface area contributed by atoms with Crippen molar-refractivity contribution >= 4 is 21.4 Å². The van der Waals surface area contributed by atoms with E-state index in [1.807, 2.05) is 13.0 Å². The molecule has 2 aliphatic rings. The summed E-state index contributed by atoms with van der Waals surface area (Å²) in [7, 11) is -3.29. The molecule has 2 fully saturated rings. The number of thiophene rings is 1. The highest BCUT2D eigenvalue weighted by atomic mass is 32.2. The average Bonchev–Trinajstić information content (AvgIpc) is 2.83. The topological polar surface area (TPSA) is 37.4 Å². The van der Waals surface area contributed by atoms with Crippen molar-refractivity contribution in [1.82, 2.24) is 4.31 Å². The van der Waals surface area contributed by atoms with Gasteiger partial charge in [-0.2, -0.15) is 4.31 Å². The predicted molar refractivity (Wildman–Crippen MR) is 73.3 cm³/mol. The molecule has 3 heterocycles. The minimum atomic E-state index is -3.29. The van der Waals surface area contributed by atoms with Crippen LogP contribution in [0.2, 0.25) is 0 Å². The van der Waals surface area contributed by atoms with E-state index in [0.29, 0.717) is 4.21 Å². The first-order chi connectivity index (χ1) is 8.48. The number of hydrogen-bond donors (Lipinski definition) is 0. The molecule has 3 nitrogen and oxygen atoms in total. The van der Waals surface area contributed by atoms with Crippen molar-refractivity contribution in [2.45, 2.75) is 48.9 Å². The zero-order valence-electron chi connectivity index (χ0n) is 10.4. The van der Waals surface area contributed by atoms with Crippen molar-refractivity contribution in [1.29, 1.82) is 0 Å². The zero-order chi connectivity index (χ0) is 12.9. The normalized spacial score (nSPS) is 28.8. The predicted octanol–water partition coefficient (Wildman–Crippen LogP) is 2.93. The summed E-state index contributed by atoms with van der Waals surface area (Å²) in [4.78, 5) is 1.04. The average molecular weight is 283 g/mol. The minimum Gasteiger partial charge on any atom is -0.206 e. The van der Waals surface area contributed by atoms with Crippen LogP contribution in [0.25, 0.3) is 0 Å². The van der Waals surface area contributed by atoms with Crippen LogP contribution in [-0.4, -0.2) is 24.8 Å². The van der Waals surface area contributed by atoms with Crippen LogP contribution in [0.5, 0.6) is 0 Å². The van der Waals surface area contributed by atoms with Crippen LogP contribution in [0.4, 0.5) is 0 Å². The van der Waals surface area contributed by atoms with Crippen LogP contribution in [0, 0.1) is 6.92 Å². The fraction of sp³-hybridized carbons (Fsp3) is 0.538. The van der Waals surface area contributed by atoms with Gasteiger partial charge in [-0.15, -0.1) is 11.3 Å². The molecule has 2 bridgehead atoms. The van der Waals surface area contributed by atoms with Crippen LogP contribution < -0.4 is 0 Å². The lowest BCUT2D eigenvalue weighted by atomic mass is 10.0. The molecule has 2 aliphatic heterocycles. The van der Waals surface area contributed by atoms with Crippen molar-refractivity contribution in [2.24, 2.45) is 0 Å². The summed E-state index contributed by atoms with van der Waals surface area (Å²) in [6, 6.07) is 3.90. The van der Waals surface area contributed by atoms with E-state index in [9.17, 15) is 8.42 Å². The number of sulfonamides is 1. The molecule has 0 N–H and O–H groups in total. The Balaban J connectivity index is 1.98. The van der Waals surface area contributed by atoms with Gasteiger partial charge in [0.05, 0.1) is 0 Å². The van der Waals surface area contributed by atoms with Gasteiger partial charge >= 0.3 is 0 Å². The number of piperidine rings is 1. The Kier molecular flexibility index (Phi) is 2.88. The van der Waals surface area contributed by atoms with E-state index in [0.717, 1.165) is 30.6 Å². The molecular weight excluding hydrogens is 266 g/mol. The van der Waals surface area contributed by atoms with Gasteiger partial charge in [0.25, 0.3) is 10.0 Å². The smallest absolute Gasteiger partial charge is 0.206 e. The van der Waals surface area contributed by atoms with Gasteiger partial charge in [0.2, 0.25) is 0 Å². The number of rotatable bonds is 2. The van der Waals surface area contributed by atoms with Gasteiger partial charge in [0.15, 0.2) is 0 Å². The first-order valence-electron chi connectivity index (χ1n) is 6.25. The highest BCUT2D eigenvalue weighted by Gasteiger charge is 2.45. The van der Waals surface area contributed by atoms with Crippen LogP contribution in [0.15, 0.2) is 28.5 Å². The molecule has 1 aromatic heterocycles. The maximum absolute atomic E-state index is 12.7. The Morgan fingerprint density at radius 3 is 2.39 bits per heavy atom. The van der Waals surface area contributed by atoms with Crippen molar-refractivity contribution in [3.05, 3.63) is 29.2 Å². The summed E-state index contributed by atoms with van der Waals surface area (Å²) in [6.45, 7) is 5.97. The van der Waals surface area contributed by atoms with Gasteiger partial charge in [0.1, 0.15) is 4.21 Å². The molecule has 3 rings (SSSR count). The van der Waals surface area contributed by atoms with Crippen LogP contribution in [0.1, 0.15) is 30.6 Å². The maximum Gasteiger partial charge on any atom is 0.253 e. The first-order valence-corrected chi connectivity index (χ1v) is 8.51. The lowest BCUT2D eigenvalue weighted by Crippen LogP contribution is -2.44. The third-order valence-corrected chi connectivity index (χ3v) is 7.32.